The highest BCUT2D eigenvalue weighted by atomic mass is 32.1. The first kappa shape index (κ1) is 40.9. The predicted molar refractivity (Wildman–Crippen MR) is 192 cm³/mol. The second kappa shape index (κ2) is 16.2. The van der Waals surface area contributed by atoms with Gasteiger partial charge in [0.2, 0.25) is 5.91 Å². The minimum atomic E-state index is -4.10. The van der Waals surface area contributed by atoms with Crippen LogP contribution in [0.15, 0.2) is 42.5 Å². The third-order valence-electron chi connectivity index (χ3n) is 9.74. The van der Waals surface area contributed by atoms with Gasteiger partial charge in [-0.15, -0.1) is 0 Å². The first-order valence-corrected chi connectivity index (χ1v) is 18.7. The van der Waals surface area contributed by atoms with Crippen LogP contribution in [0.3, 0.4) is 0 Å². The van der Waals surface area contributed by atoms with E-state index < -0.39 is 102 Å². The Kier molecular flexibility index (Phi) is 11.4. The zero-order chi connectivity index (χ0) is 41.5. The second-order valence-electron chi connectivity index (χ2n) is 13.8. The smallest absolute Gasteiger partial charge is 0.290 e. The van der Waals surface area contributed by atoms with Crippen molar-refractivity contribution in [2.24, 2.45) is 5.73 Å². The van der Waals surface area contributed by atoms with E-state index in [2.05, 4.69) is 30.6 Å². The maximum absolute atomic E-state index is 15.2. The Hall–Kier alpha value is -5.28. The van der Waals surface area contributed by atoms with Crippen LogP contribution in [0.5, 0.6) is 0 Å². The van der Waals surface area contributed by atoms with Crippen molar-refractivity contribution >= 4 is 38.6 Å². The zero-order valence-corrected chi connectivity index (χ0v) is 30.9. The van der Waals surface area contributed by atoms with E-state index in [4.69, 9.17) is 10.5 Å². The SMILES string of the molecule is NC(=O)c1cc(-c2cc3sc(NCCN4CCOCC4)nc3nc2C(Cc2cc(F)cc(F)c2)NC(=O)Cn2nc(C(F)F)c3c2C(F)(F)CCC3(F)F)ccc1F. The summed E-state index contributed by atoms with van der Waals surface area (Å²) in [5.41, 5.74) is 0.384. The summed E-state index contributed by atoms with van der Waals surface area (Å²) in [6, 6.07) is 5.97. The molecule has 0 saturated carbocycles. The van der Waals surface area contributed by atoms with E-state index in [0.29, 0.717) is 42.2 Å². The number of amides is 2. The summed E-state index contributed by atoms with van der Waals surface area (Å²) in [5.74, 6) is -13.4. The Morgan fingerprint density at radius 1 is 0.931 bits per heavy atom. The molecule has 1 atom stereocenters. The lowest BCUT2D eigenvalue weighted by Gasteiger charge is -2.29. The lowest BCUT2D eigenvalue weighted by molar-refractivity contribution is -0.123. The standard InChI is InChI=1S/C37H33F9N8O3S/c38-20-11-18(12-21(39)15-20)13-25(49-27(55)17-54-31-28(30(52-54)32(41)42)36(43,44)3-4-37(31,45)46)29-22(19-1-2-24(40)23(14-19)33(47)56)16-26-34(50-29)51-35(58-26)48-5-6-53-7-9-57-10-8-53/h1-2,11-12,14-16,25,32H,3-10,13,17H2,(H2,47,56)(H,49,55)(H,48,50,51). The normalized spacial score (nSPS) is 17.0. The number of alkyl halides is 6. The van der Waals surface area contributed by atoms with E-state index in [9.17, 15) is 40.3 Å². The monoisotopic (exact) mass is 840 g/mol. The van der Waals surface area contributed by atoms with E-state index in [1.807, 2.05) is 0 Å². The van der Waals surface area contributed by atoms with Gasteiger partial charge < -0.3 is 21.1 Å². The highest BCUT2D eigenvalue weighted by molar-refractivity contribution is 7.22. The van der Waals surface area contributed by atoms with E-state index >= 15 is 8.78 Å². The number of ether oxygens (including phenoxy) is 1. The molecule has 11 nitrogen and oxygen atoms in total. The maximum Gasteiger partial charge on any atom is 0.290 e. The summed E-state index contributed by atoms with van der Waals surface area (Å²) in [7, 11) is 0. The minimum Gasteiger partial charge on any atom is -0.379 e. The largest absolute Gasteiger partial charge is 0.379 e. The molecule has 2 amide bonds. The van der Waals surface area contributed by atoms with Crippen molar-refractivity contribution < 1.29 is 53.8 Å². The summed E-state index contributed by atoms with van der Waals surface area (Å²) in [6.45, 7) is 2.57. The molecule has 1 fully saturated rings. The van der Waals surface area contributed by atoms with Crippen LogP contribution in [0.1, 0.15) is 63.9 Å². The number of hydrogen-bond acceptors (Lipinski definition) is 9. The van der Waals surface area contributed by atoms with Gasteiger partial charge in [-0.1, -0.05) is 17.4 Å². The van der Waals surface area contributed by atoms with Crippen molar-refractivity contribution in [3.05, 3.63) is 93.7 Å². The molecule has 5 aromatic rings. The molecule has 3 aromatic heterocycles. The van der Waals surface area contributed by atoms with Gasteiger partial charge in [0, 0.05) is 50.7 Å². The molecule has 2 aromatic carbocycles. The molecular formula is C37H33F9N8O3S. The Balaban J connectivity index is 1.31. The quantitative estimate of drug-likeness (QED) is 0.110. The lowest BCUT2D eigenvalue weighted by atomic mass is 9.89. The number of rotatable bonds is 13. The number of nitrogens with zero attached hydrogens (tertiary/aromatic N) is 5. The van der Waals surface area contributed by atoms with Crippen molar-refractivity contribution in [2.45, 2.75) is 50.1 Å². The van der Waals surface area contributed by atoms with Crippen molar-refractivity contribution in [3.63, 3.8) is 0 Å². The number of carbonyl (C=O) groups is 2. The number of benzene rings is 2. The van der Waals surface area contributed by atoms with Gasteiger partial charge in [0.1, 0.15) is 35.4 Å². The molecule has 4 heterocycles. The summed E-state index contributed by atoms with van der Waals surface area (Å²) in [4.78, 5) is 37.4. The molecule has 1 aliphatic carbocycles. The molecule has 0 spiro atoms. The fourth-order valence-corrected chi connectivity index (χ4v) is 7.94. The summed E-state index contributed by atoms with van der Waals surface area (Å²) >= 11 is 1.18. The molecule has 1 unspecified atom stereocenters. The molecule has 58 heavy (non-hydrogen) atoms. The zero-order valence-electron chi connectivity index (χ0n) is 30.1. The van der Waals surface area contributed by atoms with Crippen molar-refractivity contribution in [2.75, 3.05) is 44.7 Å². The van der Waals surface area contributed by atoms with Crippen LogP contribution in [-0.2, 0) is 34.3 Å². The maximum atomic E-state index is 15.2. The number of thiazole rings is 1. The Morgan fingerprint density at radius 2 is 1.64 bits per heavy atom. The summed E-state index contributed by atoms with van der Waals surface area (Å²) < 4.78 is 138. The van der Waals surface area contributed by atoms with Gasteiger partial charge in [-0.05, 0) is 47.9 Å². The van der Waals surface area contributed by atoms with Gasteiger partial charge in [0.15, 0.2) is 10.8 Å². The van der Waals surface area contributed by atoms with Crippen LogP contribution in [0.25, 0.3) is 21.5 Å². The van der Waals surface area contributed by atoms with Gasteiger partial charge >= 0.3 is 0 Å². The number of fused-ring (bicyclic) bond motifs is 2. The van der Waals surface area contributed by atoms with Gasteiger partial charge in [-0.2, -0.15) is 13.9 Å². The summed E-state index contributed by atoms with van der Waals surface area (Å²) in [6.07, 6.45) is -6.98. The third kappa shape index (κ3) is 8.60. The van der Waals surface area contributed by atoms with Gasteiger partial charge in [0.25, 0.3) is 24.2 Å². The number of nitrogens with two attached hydrogens (primary N) is 1. The number of pyridine rings is 1. The van der Waals surface area contributed by atoms with Gasteiger partial charge in [0.05, 0.1) is 40.8 Å². The van der Waals surface area contributed by atoms with Crippen LogP contribution in [0.4, 0.5) is 44.6 Å². The summed E-state index contributed by atoms with van der Waals surface area (Å²) in [5, 5.41) is 9.50. The number of carbonyl (C=O) groups excluding carboxylic acids is 2. The Morgan fingerprint density at radius 3 is 2.33 bits per heavy atom. The Bertz CT molecular complexity index is 2350. The molecule has 2 aliphatic rings. The molecule has 0 bridgehead atoms. The highest BCUT2D eigenvalue weighted by Crippen LogP contribution is 2.52. The Labute approximate surface area is 327 Å². The van der Waals surface area contributed by atoms with Crippen LogP contribution in [0, 0.1) is 17.5 Å². The number of morpholine rings is 1. The number of primary amides is 1. The minimum absolute atomic E-state index is 0.0426. The molecule has 7 rings (SSSR count). The fourth-order valence-electron chi connectivity index (χ4n) is 7.07. The molecule has 0 radical (unpaired) electrons. The highest BCUT2D eigenvalue weighted by Gasteiger charge is 2.55. The van der Waals surface area contributed by atoms with E-state index in [0.717, 1.165) is 37.4 Å². The van der Waals surface area contributed by atoms with Crippen LogP contribution in [0.2, 0.25) is 0 Å². The van der Waals surface area contributed by atoms with Crippen molar-refractivity contribution in [1.82, 2.24) is 30.0 Å². The first-order chi connectivity index (χ1) is 27.5. The topological polar surface area (TPSA) is 140 Å². The third-order valence-corrected chi connectivity index (χ3v) is 10.7. The molecule has 21 heteroatoms. The van der Waals surface area contributed by atoms with Gasteiger partial charge in [-0.3, -0.25) is 19.2 Å². The fraction of sp³-hybridized carbons (Fsp3) is 0.378. The average molecular weight is 841 g/mol. The number of hydrogen-bond donors (Lipinski definition) is 3. The lowest BCUT2D eigenvalue weighted by Crippen LogP contribution is -2.38. The van der Waals surface area contributed by atoms with Crippen molar-refractivity contribution in [1.29, 1.82) is 0 Å². The molecule has 1 saturated heterocycles. The number of anilines is 1. The number of aromatic nitrogens is 4. The van der Waals surface area contributed by atoms with Crippen LogP contribution in [-0.4, -0.2) is 75.9 Å². The molecule has 1 aliphatic heterocycles. The van der Waals surface area contributed by atoms with Gasteiger partial charge in [-0.25, -0.2) is 40.7 Å². The van der Waals surface area contributed by atoms with Crippen molar-refractivity contribution in [3.8, 4) is 11.1 Å². The van der Waals surface area contributed by atoms with Crippen LogP contribution < -0.4 is 16.4 Å². The number of nitrogens with one attached hydrogen (secondary N) is 2. The van der Waals surface area contributed by atoms with E-state index in [1.54, 1.807) is 6.07 Å². The van der Waals surface area contributed by atoms with E-state index in [1.165, 1.54) is 17.4 Å². The first-order valence-electron chi connectivity index (χ1n) is 17.8. The molecule has 308 valence electrons. The average Bonchev–Trinajstić information content (AvgIpc) is 3.75. The second-order valence-corrected chi connectivity index (χ2v) is 14.8. The van der Waals surface area contributed by atoms with Crippen LogP contribution >= 0.6 is 11.3 Å². The molecule has 4 N–H and O–H groups in total. The predicted octanol–water partition coefficient (Wildman–Crippen LogP) is 6.83. The number of halogens is 9. The van der Waals surface area contributed by atoms with E-state index in [-0.39, 0.29) is 32.7 Å². The molecular weight excluding hydrogens is 808 g/mol.